The van der Waals surface area contributed by atoms with Gasteiger partial charge in [0.25, 0.3) is 25.9 Å². The molecule has 0 aliphatic carbocycles. The summed E-state index contributed by atoms with van der Waals surface area (Å²) in [5, 5.41) is 6.43. The van der Waals surface area contributed by atoms with Gasteiger partial charge < -0.3 is 39.2 Å². The second kappa shape index (κ2) is 23.0. The van der Waals surface area contributed by atoms with Crippen LogP contribution in [0.1, 0.15) is 79.3 Å². The molecule has 1 amide bonds. The van der Waals surface area contributed by atoms with E-state index in [1.807, 2.05) is 37.3 Å². The number of carbonyl (C=O) groups is 5. The van der Waals surface area contributed by atoms with Crippen molar-refractivity contribution in [3.63, 3.8) is 0 Å². The number of hydrogen-bond donors (Lipinski definition) is 3. The second-order valence-electron chi connectivity index (χ2n) is 16.0. The van der Waals surface area contributed by atoms with Crippen molar-refractivity contribution in [3.8, 4) is 5.88 Å². The van der Waals surface area contributed by atoms with Crippen LogP contribution in [0.25, 0.3) is 0 Å². The molecule has 0 saturated carbocycles. The number of methoxy groups -OCH3 is 1. The van der Waals surface area contributed by atoms with Gasteiger partial charge in [-0.1, -0.05) is 6.92 Å². The van der Waals surface area contributed by atoms with E-state index < -0.39 is 96.6 Å². The lowest BCUT2D eigenvalue weighted by Crippen LogP contribution is -2.44. The summed E-state index contributed by atoms with van der Waals surface area (Å²) in [6.45, 7) is 14.7. The SMILES string of the molecule is CCN[C@H]1CN(CCCOC)S(=O)(=O)c2sc(S(=O)(=O)NC(=O)[C@H](C)C(=O)[C@H](C)C(=O)[C@H](C)OC(=O)CCC(=O)O[C@@H](CNC(C)(C)C)COc3nsnc3N3CCOCC3)cc21. The van der Waals surface area contributed by atoms with E-state index in [0.717, 1.165) is 18.7 Å². The van der Waals surface area contributed by atoms with Crippen LogP contribution < -0.4 is 25.0 Å². The number of nitrogens with one attached hydrogen (secondary N) is 3. The number of ketones is 2. The number of rotatable bonds is 24. The predicted octanol–water partition coefficient (Wildman–Crippen LogP) is 1.43. The highest BCUT2D eigenvalue weighted by atomic mass is 32.3. The van der Waals surface area contributed by atoms with Crippen LogP contribution >= 0.6 is 23.1 Å². The number of esters is 2. The molecule has 1 fully saturated rings. The van der Waals surface area contributed by atoms with E-state index in [2.05, 4.69) is 19.4 Å². The van der Waals surface area contributed by atoms with Crippen LogP contribution in [0, 0.1) is 11.8 Å². The lowest BCUT2D eigenvalue weighted by atomic mass is 9.90. The molecule has 63 heavy (non-hydrogen) atoms. The fraction of sp³-hybridized carbons (Fsp3) is 0.711. The van der Waals surface area contributed by atoms with Crippen LogP contribution in [0.5, 0.6) is 5.88 Å². The summed E-state index contributed by atoms with van der Waals surface area (Å²) in [6.07, 6.45) is -2.68. The van der Waals surface area contributed by atoms with Crippen molar-refractivity contribution in [3.05, 3.63) is 11.6 Å². The number of Topliss-reactive ketones (excluding diaryl/α,β-unsaturated/α-hetero) is 2. The van der Waals surface area contributed by atoms with Crippen LogP contribution in [0.4, 0.5) is 5.82 Å². The lowest BCUT2D eigenvalue weighted by molar-refractivity contribution is -0.159. The van der Waals surface area contributed by atoms with Crippen molar-refractivity contribution in [2.45, 2.75) is 99.9 Å². The zero-order valence-corrected chi connectivity index (χ0v) is 40.1. The van der Waals surface area contributed by atoms with Crippen LogP contribution in [0.15, 0.2) is 14.5 Å². The van der Waals surface area contributed by atoms with Crippen molar-refractivity contribution in [2.75, 3.05) is 77.7 Å². The Kier molecular flexibility index (Phi) is 18.9. The molecule has 3 N–H and O–H groups in total. The third-order valence-corrected chi connectivity index (χ3v) is 15.8. The molecule has 354 valence electrons. The van der Waals surface area contributed by atoms with Gasteiger partial charge in [0.05, 0.1) is 49.6 Å². The van der Waals surface area contributed by atoms with E-state index >= 15 is 0 Å². The van der Waals surface area contributed by atoms with Gasteiger partial charge in [-0.15, -0.1) is 15.7 Å². The Morgan fingerprint density at radius 2 is 1.67 bits per heavy atom. The Bertz CT molecular complexity index is 2130. The van der Waals surface area contributed by atoms with Crippen molar-refractivity contribution >= 4 is 78.3 Å². The highest BCUT2D eigenvalue weighted by Gasteiger charge is 2.41. The molecule has 4 heterocycles. The van der Waals surface area contributed by atoms with Crippen LogP contribution in [0.3, 0.4) is 0 Å². The topological polar surface area (TPSA) is 268 Å². The van der Waals surface area contributed by atoms with Gasteiger partial charge in [-0.2, -0.15) is 8.68 Å². The van der Waals surface area contributed by atoms with Crippen molar-refractivity contribution in [2.24, 2.45) is 11.8 Å². The Labute approximate surface area is 376 Å². The average Bonchev–Trinajstić information content (AvgIpc) is 3.91. The first-order valence-corrected chi connectivity index (χ1v) is 25.0. The zero-order valence-electron chi connectivity index (χ0n) is 36.8. The number of thiophene rings is 1. The van der Waals surface area contributed by atoms with Crippen LogP contribution in [0.2, 0.25) is 0 Å². The molecule has 2 aliphatic rings. The maximum atomic E-state index is 13.5. The first kappa shape index (κ1) is 51.9. The first-order chi connectivity index (χ1) is 29.6. The molecule has 0 aromatic carbocycles. The first-order valence-electron chi connectivity index (χ1n) is 20.5. The summed E-state index contributed by atoms with van der Waals surface area (Å²) in [4.78, 5) is 67.3. The van der Waals surface area contributed by atoms with Crippen molar-refractivity contribution < 1.29 is 64.5 Å². The van der Waals surface area contributed by atoms with Gasteiger partial charge in [0.2, 0.25) is 11.7 Å². The maximum Gasteiger partial charge on any atom is 0.307 e. The van der Waals surface area contributed by atoms with Crippen LogP contribution in [-0.2, 0) is 63.0 Å². The molecular formula is C38H59N7O14S4. The summed E-state index contributed by atoms with van der Waals surface area (Å²) >= 11 is 1.47. The number of anilines is 1. The molecule has 2 aromatic rings. The number of morpholine rings is 1. The highest BCUT2D eigenvalue weighted by molar-refractivity contribution is 7.94. The molecule has 2 aromatic heterocycles. The van der Waals surface area contributed by atoms with Gasteiger partial charge in [0, 0.05) is 63.6 Å². The fourth-order valence-electron chi connectivity index (χ4n) is 6.47. The molecule has 4 rings (SSSR count). The number of fused-ring (bicyclic) bond motifs is 1. The molecule has 25 heteroatoms. The van der Waals surface area contributed by atoms with Crippen molar-refractivity contribution in [1.82, 2.24) is 28.4 Å². The molecule has 0 radical (unpaired) electrons. The van der Waals surface area contributed by atoms with Gasteiger partial charge >= 0.3 is 11.9 Å². The van der Waals surface area contributed by atoms with Crippen LogP contribution in [-0.4, -0.2) is 150 Å². The molecule has 0 bridgehead atoms. The Balaban J connectivity index is 1.30. The molecule has 0 spiro atoms. The van der Waals surface area contributed by atoms with Gasteiger partial charge in [-0.25, -0.2) is 21.6 Å². The largest absolute Gasteiger partial charge is 0.470 e. The van der Waals surface area contributed by atoms with E-state index in [4.69, 9.17) is 23.7 Å². The number of hydrogen-bond acceptors (Lipinski definition) is 21. The van der Waals surface area contributed by atoms with E-state index in [9.17, 15) is 40.8 Å². The van der Waals surface area contributed by atoms with E-state index in [-0.39, 0.29) is 41.6 Å². The minimum absolute atomic E-state index is 0.0592. The highest BCUT2D eigenvalue weighted by Crippen LogP contribution is 2.40. The molecule has 2 aliphatic heterocycles. The fourth-order valence-corrected chi connectivity index (χ4v) is 11.9. The monoisotopic (exact) mass is 965 g/mol. The number of sulfonamides is 2. The van der Waals surface area contributed by atoms with E-state index in [0.29, 0.717) is 68.9 Å². The van der Waals surface area contributed by atoms with E-state index in [1.54, 1.807) is 0 Å². The second-order valence-corrected chi connectivity index (χ2v) is 21.6. The summed E-state index contributed by atoms with van der Waals surface area (Å²) in [5.74, 6) is -7.01. The summed E-state index contributed by atoms with van der Waals surface area (Å²) < 4.78 is 92.1. The number of ether oxygens (including phenoxy) is 5. The average molecular weight is 966 g/mol. The molecule has 5 atom stereocenters. The summed E-state index contributed by atoms with van der Waals surface area (Å²) in [7, 11) is -7.24. The Morgan fingerprint density at radius 3 is 2.30 bits per heavy atom. The lowest BCUT2D eigenvalue weighted by Gasteiger charge is -2.32. The third-order valence-electron chi connectivity index (χ3n) is 9.98. The quantitative estimate of drug-likeness (QED) is 0.0763. The predicted molar refractivity (Wildman–Crippen MR) is 231 cm³/mol. The molecular weight excluding hydrogens is 907 g/mol. The minimum Gasteiger partial charge on any atom is -0.470 e. The van der Waals surface area contributed by atoms with Crippen molar-refractivity contribution in [1.29, 1.82) is 0 Å². The maximum absolute atomic E-state index is 13.5. The minimum atomic E-state index is -4.67. The zero-order chi connectivity index (χ0) is 46.7. The summed E-state index contributed by atoms with van der Waals surface area (Å²) in [5.41, 5.74) is -0.0792. The Morgan fingerprint density at radius 1 is 1.00 bits per heavy atom. The number of likely N-dealkylation sites (N-methyl/N-ethyl adjacent to an activating group) is 1. The van der Waals surface area contributed by atoms with E-state index in [1.165, 1.54) is 31.3 Å². The summed E-state index contributed by atoms with van der Waals surface area (Å²) in [6, 6.07) is 0.674. The standard InChI is InChI=1S/C38H59N7O14S4/c1-9-39-28-21-45(13-10-16-55-8)63(53,54)37-27(28)19-31(60-37)62(51,52)43-35(50)24(3)32(48)23(2)33(49)25(4)58-29(46)11-12-30(47)59-26(20-40-38(5,6)7)22-57-36-34(41-61-42-36)44-14-17-56-18-15-44/h19,23-26,28,39-40H,9-18,20-22H2,1-8H3,(H,43,50)/t23-,24+,25-,26-,28-/m0/s1. The van der Waals surface area contributed by atoms with Gasteiger partial charge in [-0.05, 0) is 60.6 Å². The number of amides is 1. The molecule has 21 nitrogen and oxygen atoms in total. The Hall–Kier alpha value is -3.69. The number of nitrogens with zero attached hydrogens (tertiary/aromatic N) is 4. The van der Waals surface area contributed by atoms with Gasteiger partial charge in [0.15, 0.2) is 17.7 Å². The third kappa shape index (κ3) is 14.4. The smallest absolute Gasteiger partial charge is 0.307 e. The molecule has 1 saturated heterocycles. The number of carbonyl (C=O) groups excluding carboxylic acids is 5. The molecule has 0 unspecified atom stereocenters. The normalized spacial score (nSPS) is 18.7. The van der Waals surface area contributed by atoms with Gasteiger partial charge in [0.1, 0.15) is 21.1 Å². The van der Waals surface area contributed by atoms with Gasteiger partial charge in [-0.3, -0.25) is 24.0 Å². The number of aromatic nitrogens is 2.